The first kappa shape index (κ1) is 16.4. The smallest absolute Gasteiger partial charge is 0.378 e. The van der Waals surface area contributed by atoms with E-state index in [0.717, 1.165) is 16.1 Å². The van der Waals surface area contributed by atoms with Crippen molar-refractivity contribution in [2.75, 3.05) is 5.32 Å². The van der Waals surface area contributed by atoms with Crippen LogP contribution in [0.4, 0.5) is 18.9 Å². The van der Waals surface area contributed by atoms with Crippen LogP contribution in [0, 0.1) is 0 Å². The van der Waals surface area contributed by atoms with Crippen LogP contribution >= 0.6 is 31.9 Å². The van der Waals surface area contributed by atoms with Gasteiger partial charge in [0, 0.05) is 20.7 Å². The zero-order chi connectivity index (χ0) is 15.6. The lowest BCUT2D eigenvalue weighted by Crippen LogP contribution is -2.13. The maximum atomic E-state index is 13.0. The third-order valence-electron chi connectivity index (χ3n) is 3.01. The number of rotatable bonds is 3. The number of halogens is 5. The molecule has 1 N–H and O–H groups in total. The van der Waals surface area contributed by atoms with Crippen molar-refractivity contribution in [3.8, 4) is 0 Å². The number of nitrogens with one attached hydrogen (secondary N) is 1. The molecule has 2 rings (SSSR count). The summed E-state index contributed by atoms with van der Waals surface area (Å²) in [5.41, 5.74) is 0.286. The molecule has 0 heterocycles. The first-order valence-electron chi connectivity index (χ1n) is 6.16. The fourth-order valence-corrected chi connectivity index (χ4v) is 2.75. The molecule has 0 bridgehead atoms. The van der Waals surface area contributed by atoms with Gasteiger partial charge in [-0.1, -0.05) is 44.0 Å². The lowest BCUT2D eigenvalue weighted by atomic mass is 10.1. The van der Waals surface area contributed by atoms with Gasteiger partial charge in [0.15, 0.2) is 0 Å². The second-order valence-corrected chi connectivity index (χ2v) is 6.44. The van der Waals surface area contributed by atoms with Gasteiger partial charge in [0.05, 0.1) is 5.56 Å². The van der Waals surface area contributed by atoms with Gasteiger partial charge in [-0.25, -0.2) is 0 Å². The van der Waals surface area contributed by atoms with Crippen LogP contribution in [0.3, 0.4) is 0 Å². The summed E-state index contributed by atoms with van der Waals surface area (Å²) < 4.78 is 40.6. The summed E-state index contributed by atoms with van der Waals surface area (Å²) in [5, 5.41) is 2.93. The second kappa shape index (κ2) is 6.40. The van der Waals surface area contributed by atoms with Gasteiger partial charge in [0.1, 0.15) is 0 Å². The van der Waals surface area contributed by atoms with Crippen molar-refractivity contribution in [3.63, 3.8) is 0 Å². The van der Waals surface area contributed by atoms with Crippen molar-refractivity contribution in [2.45, 2.75) is 19.1 Å². The van der Waals surface area contributed by atoms with Crippen molar-refractivity contribution in [1.29, 1.82) is 0 Å². The standard InChI is InChI=1S/C15H12Br2F3N/c1-9(10-3-2-4-11(16)7-10)21-14-8-12(17)5-6-13(14)15(18,19)20/h2-9,21H,1H3. The van der Waals surface area contributed by atoms with E-state index in [4.69, 9.17) is 0 Å². The van der Waals surface area contributed by atoms with Crippen molar-refractivity contribution in [1.82, 2.24) is 0 Å². The Kier molecular flexibility index (Phi) is 4.99. The number of alkyl halides is 3. The van der Waals surface area contributed by atoms with E-state index in [1.54, 1.807) is 0 Å². The normalized spacial score (nSPS) is 13.0. The molecular formula is C15H12Br2F3N. The molecule has 2 aromatic carbocycles. The lowest BCUT2D eigenvalue weighted by Gasteiger charge is -2.20. The van der Waals surface area contributed by atoms with Crippen LogP contribution in [0.15, 0.2) is 51.4 Å². The van der Waals surface area contributed by atoms with Crippen LogP contribution in [0.2, 0.25) is 0 Å². The van der Waals surface area contributed by atoms with Crippen LogP contribution in [-0.2, 0) is 6.18 Å². The van der Waals surface area contributed by atoms with Crippen LogP contribution in [0.1, 0.15) is 24.1 Å². The lowest BCUT2D eigenvalue weighted by molar-refractivity contribution is -0.137. The third-order valence-corrected chi connectivity index (χ3v) is 3.99. The maximum Gasteiger partial charge on any atom is 0.418 e. The van der Waals surface area contributed by atoms with Crippen LogP contribution in [0.25, 0.3) is 0 Å². The van der Waals surface area contributed by atoms with Gasteiger partial charge < -0.3 is 5.32 Å². The van der Waals surface area contributed by atoms with Crippen LogP contribution in [-0.4, -0.2) is 0 Å². The SMILES string of the molecule is CC(Nc1cc(Br)ccc1C(F)(F)F)c1cccc(Br)c1. The summed E-state index contributed by atoms with van der Waals surface area (Å²) in [7, 11) is 0. The van der Waals surface area contributed by atoms with E-state index in [2.05, 4.69) is 37.2 Å². The summed E-state index contributed by atoms with van der Waals surface area (Å²) in [6.07, 6.45) is -4.39. The Labute approximate surface area is 137 Å². The van der Waals surface area contributed by atoms with Crippen molar-refractivity contribution >= 4 is 37.5 Å². The Bertz CT molecular complexity index is 641. The van der Waals surface area contributed by atoms with Gasteiger partial charge in [-0.2, -0.15) is 13.2 Å². The fourth-order valence-electron chi connectivity index (χ4n) is 1.98. The van der Waals surface area contributed by atoms with Gasteiger partial charge in [0.25, 0.3) is 0 Å². The summed E-state index contributed by atoms with van der Waals surface area (Å²) in [6, 6.07) is 11.1. The first-order valence-corrected chi connectivity index (χ1v) is 7.75. The number of hydrogen-bond donors (Lipinski definition) is 1. The molecular weight excluding hydrogens is 411 g/mol. The molecule has 0 spiro atoms. The molecule has 0 aliphatic rings. The highest BCUT2D eigenvalue weighted by atomic mass is 79.9. The molecule has 1 nitrogen and oxygen atoms in total. The Hall–Kier alpha value is -1.01. The number of anilines is 1. The van der Waals surface area contributed by atoms with E-state index in [1.807, 2.05) is 31.2 Å². The summed E-state index contributed by atoms with van der Waals surface area (Å²) >= 11 is 6.56. The fraction of sp³-hybridized carbons (Fsp3) is 0.200. The molecule has 0 aliphatic carbocycles. The van der Waals surface area contributed by atoms with E-state index in [-0.39, 0.29) is 11.7 Å². The van der Waals surface area contributed by atoms with E-state index in [9.17, 15) is 13.2 Å². The molecule has 0 saturated carbocycles. The van der Waals surface area contributed by atoms with Gasteiger partial charge >= 0.3 is 6.18 Å². The van der Waals surface area contributed by atoms with Gasteiger partial charge in [-0.05, 0) is 42.8 Å². The van der Waals surface area contributed by atoms with Gasteiger partial charge in [0.2, 0.25) is 0 Å². The summed E-state index contributed by atoms with van der Waals surface area (Å²) in [5.74, 6) is 0. The average Bonchev–Trinajstić information content (AvgIpc) is 2.37. The molecule has 2 aromatic rings. The molecule has 6 heteroatoms. The van der Waals surface area contributed by atoms with E-state index in [1.165, 1.54) is 12.1 Å². The second-order valence-electron chi connectivity index (χ2n) is 4.61. The summed E-state index contributed by atoms with van der Waals surface area (Å²) in [6.45, 7) is 1.82. The molecule has 0 amide bonds. The third kappa shape index (κ3) is 4.23. The Morgan fingerprint density at radius 2 is 1.67 bits per heavy atom. The molecule has 21 heavy (non-hydrogen) atoms. The molecule has 1 unspecified atom stereocenters. The zero-order valence-electron chi connectivity index (χ0n) is 11.0. The number of benzene rings is 2. The molecule has 0 aromatic heterocycles. The minimum Gasteiger partial charge on any atom is -0.378 e. The highest BCUT2D eigenvalue weighted by Gasteiger charge is 2.33. The molecule has 112 valence electrons. The maximum absolute atomic E-state index is 13.0. The van der Waals surface area contributed by atoms with Gasteiger partial charge in [-0.15, -0.1) is 0 Å². The minimum absolute atomic E-state index is 0.0596. The minimum atomic E-state index is -4.39. The molecule has 0 radical (unpaired) electrons. The quantitative estimate of drug-likeness (QED) is 0.603. The van der Waals surface area contributed by atoms with E-state index in [0.29, 0.717) is 4.47 Å². The Morgan fingerprint density at radius 3 is 2.29 bits per heavy atom. The molecule has 1 atom stereocenters. The van der Waals surface area contributed by atoms with E-state index >= 15 is 0 Å². The first-order chi connectivity index (χ1) is 9.77. The zero-order valence-corrected chi connectivity index (χ0v) is 14.2. The van der Waals surface area contributed by atoms with Crippen LogP contribution in [0.5, 0.6) is 0 Å². The van der Waals surface area contributed by atoms with Crippen molar-refractivity contribution in [2.24, 2.45) is 0 Å². The highest BCUT2D eigenvalue weighted by Crippen LogP contribution is 2.37. The molecule has 0 fully saturated rings. The van der Waals surface area contributed by atoms with Crippen molar-refractivity contribution < 1.29 is 13.2 Å². The van der Waals surface area contributed by atoms with Crippen LogP contribution < -0.4 is 5.32 Å². The van der Waals surface area contributed by atoms with E-state index < -0.39 is 11.7 Å². The Balaban J connectivity index is 2.32. The topological polar surface area (TPSA) is 12.0 Å². The number of hydrogen-bond acceptors (Lipinski definition) is 1. The van der Waals surface area contributed by atoms with Crippen molar-refractivity contribution in [3.05, 3.63) is 62.5 Å². The average molecular weight is 423 g/mol. The summed E-state index contributed by atoms with van der Waals surface area (Å²) in [4.78, 5) is 0. The van der Waals surface area contributed by atoms with Gasteiger partial charge in [-0.3, -0.25) is 0 Å². The Morgan fingerprint density at radius 1 is 1.00 bits per heavy atom. The largest absolute Gasteiger partial charge is 0.418 e. The highest BCUT2D eigenvalue weighted by molar-refractivity contribution is 9.10. The molecule has 0 saturated heterocycles. The monoisotopic (exact) mass is 421 g/mol. The predicted octanol–water partition coefficient (Wildman–Crippen LogP) is 6.40. The predicted molar refractivity (Wildman–Crippen MR) is 85.3 cm³/mol. The molecule has 0 aliphatic heterocycles.